The third-order valence-corrected chi connectivity index (χ3v) is 2.10. The lowest BCUT2D eigenvalue weighted by molar-refractivity contribution is 0.415. The van der Waals surface area contributed by atoms with Gasteiger partial charge in [-0.3, -0.25) is 0 Å². The van der Waals surface area contributed by atoms with Gasteiger partial charge in [0.25, 0.3) is 0 Å². The Bertz CT molecular complexity index is 277. The van der Waals surface area contributed by atoms with Crippen molar-refractivity contribution in [3.63, 3.8) is 0 Å². The SMILES string of the molecule is COc1c(Cl)cnc(Cl)c1Cl. The first-order valence-electron chi connectivity index (χ1n) is 2.70. The van der Waals surface area contributed by atoms with Gasteiger partial charge in [-0.2, -0.15) is 0 Å². The Morgan fingerprint density at radius 3 is 2.45 bits per heavy atom. The number of halogens is 3. The second-order valence-corrected chi connectivity index (χ2v) is 2.89. The lowest BCUT2D eigenvalue weighted by Gasteiger charge is -2.04. The smallest absolute Gasteiger partial charge is 0.160 e. The van der Waals surface area contributed by atoms with Crippen molar-refractivity contribution in [3.8, 4) is 5.75 Å². The molecule has 60 valence electrons. The minimum Gasteiger partial charge on any atom is -0.493 e. The van der Waals surface area contributed by atoms with E-state index in [4.69, 9.17) is 39.5 Å². The quantitative estimate of drug-likeness (QED) is 0.668. The molecule has 0 bridgehead atoms. The van der Waals surface area contributed by atoms with Crippen LogP contribution in [-0.4, -0.2) is 12.1 Å². The Balaban J connectivity index is 3.29. The van der Waals surface area contributed by atoms with Crippen molar-refractivity contribution in [2.45, 2.75) is 0 Å². The van der Waals surface area contributed by atoms with E-state index >= 15 is 0 Å². The topological polar surface area (TPSA) is 22.1 Å². The highest BCUT2D eigenvalue weighted by molar-refractivity contribution is 6.43. The van der Waals surface area contributed by atoms with Crippen LogP contribution in [0.25, 0.3) is 0 Å². The van der Waals surface area contributed by atoms with Crippen LogP contribution in [0.15, 0.2) is 6.20 Å². The van der Waals surface area contributed by atoms with E-state index in [-0.39, 0.29) is 10.2 Å². The molecule has 1 rings (SSSR count). The summed E-state index contributed by atoms with van der Waals surface area (Å²) in [7, 11) is 1.46. The van der Waals surface area contributed by atoms with Gasteiger partial charge in [-0.1, -0.05) is 34.8 Å². The van der Waals surface area contributed by atoms with Gasteiger partial charge in [-0.05, 0) is 0 Å². The van der Waals surface area contributed by atoms with E-state index in [0.29, 0.717) is 10.8 Å². The predicted molar refractivity (Wildman–Crippen MR) is 45.8 cm³/mol. The molecule has 0 spiro atoms. The Kier molecular flexibility index (Phi) is 2.82. The Labute approximate surface area is 79.0 Å². The molecule has 0 saturated heterocycles. The maximum Gasteiger partial charge on any atom is 0.160 e. The summed E-state index contributed by atoms with van der Waals surface area (Å²) in [5.41, 5.74) is 0. The molecule has 0 aliphatic carbocycles. The van der Waals surface area contributed by atoms with E-state index in [0.717, 1.165) is 0 Å². The normalized spacial score (nSPS) is 9.82. The minimum atomic E-state index is 0.188. The summed E-state index contributed by atoms with van der Waals surface area (Å²) in [6, 6.07) is 0. The van der Waals surface area contributed by atoms with Crippen molar-refractivity contribution in [1.29, 1.82) is 0 Å². The van der Waals surface area contributed by atoms with Gasteiger partial charge in [0, 0.05) is 0 Å². The molecule has 1 aromatic rings. The van der Waals surface area contributed by atoms with Gasteiger partial charge in [-0.15, -0.1) is 0 Å². The number of hydrogen-bond donors (Lipinski definition) is 0. The lowest BCUT2D eigenvalue weighted by Crippen LogP contribution is -1.87. The zero-order valence-electron chi connectivity index (χ0n) is 5.57. The van der Waals surface area contributed by atoms with Crippen molar-refractivity contribution in [1.82, 2.24) is 4.98 Å². The second kappa shape index (κ2) is 3.48. The summed E-state index contributed by atoms with van der Waals surface area (Å²) in [5, 5.41) is 0.775. The van der Waals surface area contributed by atoms with Crippen LogP contribution < -0.4 is 4.74 Å². The molecule has 0 fully saturated rings. The van der Waals surface area contributed by atoms with Crippen molar-refractivity contribution >= 4 is 34.8 Å². The molecule has 0 aliphatic rings. The number of pyridine rings is 1. The Morgan fingerprint density at radius 2 is 2.00 bits per heavy atom. The van der Waals surface area contributed by atoms with Crippen molar-refractivity contribution in [2.75, 3.05) is 7.11 Å². The number of aromatic nitrogens is 1. The van der Waals surface area contributed by atoms with Gasteiger partial charge < -0.3 is 4.74 Å². The van der Waals surface area contributed by atoms with Crippen LogP contribution in [0.4, 0.5) is 0 Å². The number of methoxy groups -OCH3 is 1. The summed E-state index contributed by atoms with van der Waals surface area (Å²) in [6.45, 7) is 0. The maximum atomic E-state index is 5.69. The van der Waals surface area contributed by atoms with Crippen LogP contribution in [0.1, 0.15) is 0 Å². The average Bonchev–Trinajstić information content (AvgIpc) is 1.99. The summed E-state index contributed by atoms with van der Waals surface area (Å²) in [5.74, 6) is 0.355. The molecule has 1 heterocycles. The molecule has 0 aromatic carbocycles. The highest BCUT2D eigenvalue weighted by Gasteiger charge is 2.10. The number of hydrogen-bond acceptors (Lipinski definition) is 2. The third-order valence-electron chi connectivity index (χ3n) is 1.09. The van der Waals surface area contributed by atoms with E-state index in [1.807, 2.05) is 0 Å². The van der Waals surface area contributed by atoms with Crippen molar-refractivity contribution in [2.24, 2.45) is 0 Å². The number of rotatable bonds is 1. The highest BCUT2D eigenvalue weighted by atomic mass is 35.5. The van der Waals surface area contributed by atoms with Crippen LogP contribution in [0.5, 0.6) is 5.75 Å². The standard InChI is InChI=1S/C6H4Cl3NO/c1-11-5-3(7)2-10-6(9)4(5)8/h2H,1H3. The molecule has 0 unspecified atom stereocenters. The summed E-state index contributed by atoms with van der Waals surface area (Å²) in [4.78, 5) is 3.71. The molecule has 0 radical (unpaired) electrons. The van der Waals surface area contributed by atoms with Gasteiger partial charge in [0.2, 0.25) is 0 Å². The fourth-order valence-electron chi connectivity index (χ4n) is 0.614. The molecule has 0 amide bonds. The number of ether oxygens (including phenoxy) is 1. The molecule has 11 heavy (non-hydrogen) atoms. The fraction of sp³-hybridized carbons (Fsp3) is 0.167. The zero-order chi connectivity index (χ0) is 8.43. The van der Waals surface area contributed by atoms with Crippen LogP contribution in [0, 0.1) is 0 Å². The van der Waals surface area contributed by atoms with Crippen LogP contribution in [-0.2, 0) is 0 Å². The van der Waals surface area contributed by atoms with Gasteiger partial charge >= 0.3 is 0 Å². The number of nitrogens with zero attached hydrogens (tertiary/aromatic N) is 1. The van der Waals surface area contributed by atoms with E-state index in [1.165, 1.54) is 13.3 Å². The Hall–Kier alpha value is -0.180. The van der Waals surface area contributed by atoms with Crippen LogP contribution in [0.2, 0.25) is 15.2 Å². The Morgan fingerprint density at radius 1 is 1.36 bits per heavy atom. The zero-order valence-corrected chi connectivity index (χ0v) is 7.83. The largest absolute Gasteiger partial charge is 0.493 e. The molecule has 0 atom stereocenters. The molecule has 0 saturated carbocycles. The van der Waals surface area contributed by atoms with Crippen molar-refractivity contribution in [3.05, 3.63) is 21.4 Å². The molecule has 0 aliphatic heterocycles. The molecule has 1 aromatic heterocycles. The van der Waals surface area contributed by atoms with E-state index in [1.54, 1.807) is 0 Å². The van der Waals surface area contributed by atoms with Crippen LogP contribution in [0.3, 0.4) is 0 Å². The van der Waals surface area contributed by atoms with Gasteiger partial charge in [0.1, 0.15) is 10.0 Å². The monoisotopic (exact) mass is 211 g/mol. The van der Waals surface area contributed by atoms with Gasteiger partial charge in [-0.25, -0.2) is 4.98 Å². The first-order chi connectivity index (χ1) is 5.16. The van der Waals surface area contributed by atoms with Gasteiger partial charge in [0.05, 0.1) is 13.3 Å². The second-order valence-electron chi connectivity index (χ2n) is 1.74. The predicted octanol–water partition coefficient (Wildman–Crippen LogP) is 3.05. The van der Waals surface area contributed by atoms with E-state index in [9.17, 15) is 0 Å². The average molecular weight is 212 g/mol. The first kappa shape index (κ1) is 8.91. The molecular weight excluding hydrogens is 208 g/mol. The fourth-order valence-corrected chi connectivity index (χ4v) is 1.25. The maximum absolute atomic E-state index is 5.69. The molecule has 0 N–H and O–H groups in total. The van der Waals surface area contributed by atoms with Crippen LogP contribution >= 0.6 is 34.8 Å². The highest BCUT2D eigenvalue weighted by Crippen LogP contribution is 2.35. The molecule has 2 nitrogen and oxygen atoms in total. The van der Waals surface area contributed by atoms with Crippen molar-refractivity contribution < 1.29 is 4.74 Å². The summed E-state index contributed by atoms with van der Waals surface area (Å²) < 4.78 is 4.87. The first-order valence-corrected chi connectivity index (χ1v) is 3.83. The summed E-state index contributed by atoms with van der Waals surface area (Å²) in [6.07, 6.45) is 1.38. The van der Waals surface area contributed by atoms with Gasteiger partial charge in [0.15, 0.2) is 10.9 Å². The minimum absolute atomic E-state index is 0.188. The summed E-state index contributed by atoms with van der Waals surface area (Å²) >= 11 is 16.9. The lowest BCUT2D eigenvalue weighted by atomic mass is 10.4. The molecule has 5 heteroatoms. The molecular formula is C6H4Cl3NO. The van der Waals surface area contributed by atoms with E-state index in [2.05, 4.69) is 4.98 Å². The third kappa shape index (κ3) is 1.70. The van der Waals surface area contributed by atoms with E-state index < -0.39 is 0 Å².